The fourth-order valence-corrected chi connectivity index (χ4v) is 5.85. The lowest BCUT2D eigenvalue weighted by atomic mass is 9.72. The van der Waals surface area contributed by atoms with E-state index in [2.05, 4.69) is 30.6 Å². The Morgan fingerprint density at radius 3 is 2.46 bits per heavy atom. The van der Waals surface area contributed by atoms with Crippen LogP contribution in [0.2, 0.25) is 5.02 Å². The van der Waals surface area contributed by atoms with Crippen molar-refractivity contribution in [1.82, 2.24) is 9.62 Å². The number of halogens is 1. The van der Waals surface area contributed by atoms with Gasteiger partial charge in [0.1, 0.15) is 17.0 Å². The smallest absolute Gasteiger partial charge is 0.247 e. The molecule has 0 spiro atoms. The van der Waals surface area contributed by atoms with Crippen LogP contribution in [0.5, 0.6) is 5.75 Å². The molecular formula is C24H28ClN3O6S. The fraction of sp³-hybridized carbons (Fsp3) is 0.417. The van der Waals surface area contributed by atoms with E-state index in [0.29, 0.717) is 0 Å². The minimum atomic E-state index is -4.06. The molecule has 1 aromatic heterocycles. The SMILES string of the molecule is CN(C)S(=O)(=O)c1c(Cl)ccc(NC2C(=O)C(=O)C2NC2C=C(c3ccoc3)CCC2(C)C)c1O. The molecule has 188 valence electrons. The number of allylic oxidation sites excluding steroid dienone is 1. The predicted octanol–water partition coefficient (Wildman–Crippen LogP) is 3.05. The van der Waals surface area contributed by atoms with Crippen LogP contribution in [0.3, 0.4) is 0 Å². The first-order valence-electron chi connectivity index (χ1n) is 11.1. The number of carbonyl (C=O) groups excluding carboxylic acids is 2. The van der Waals surface area contributed by atoms with E-state index in [1.54, 1.807) is 12.5 Å². The maximum absolute atomic E-state index is 12.6. The molecule has 35 heavy (non-hydrogen) atoms. The molecule has 2 aliphatic rings. The van der Waals surface area contributed by atoms with Crippen molar-refractivity contribution in [2.24, 2.45) is 5.41 Å². The maximum atomic E-state index is 12.6. The van der Waals surface area contributed by atoms with Crippen LogP contribution in [0.15, 0.2) is 46.1 Å². The summed E-state index contributed by atoms with van der Waals surface area (Å²) in [5.41, 5.74) is 1.86. The first-order valence-corrected chi connectivity index (χ1v) is 12.9. The number of anilines is 1. The van der Waals surface area contributed by atoms with Crippen LogP contribution in [0, 0.1) is 5.41 Å². The van der Waals surface area contributed by atoms with Gasteiger partial charge in [0, 0.05) is 25.7 Å². The maximum Gasteiger partial charge on any atom is 0.247 e. The van der Waals surface area contributed by atoms with E-state index in [4.69, 9.17) is 16.0 Å². The highest BCUT2D eigenvalue weighted by Gasteiger charge is 2.51. The van der Waals surface area contributed by atoms with Gasteiger partial charge >= 0.3 is 0 Å². The van der Waals surface area contributed by atoms with Gasteiger partial charge in [0.2, 0.25) is 21.6 Å². The minimum Gasteiger partial charge on any atom is -0.504 e. The van der Waals surface area contributed by atoms with Gasteiger partial charge in [0.05, 0.1) is 23.2 Å². The van der Waals surface area contributed by atoms with Crippen LogP contribution in [-0.2, 0) is 19.6 Å². The Bertz CT molecular complexity index is 1300. The first-order chi connectivity index (χ1) is 16.3. The number of sulfonamides is 1. The van der Waals surface area contributed by atoms with Crippen molar-refractivity contribution in [3.63, 3.8) is 0 Å². The Balaban J connectivity index is 1.61. The fourth-order valence-electron chi connectivity index (χ4n) is 4.37. The number of carbonyl (C=O) groups is 2. The molecule has 1 aromatic carbocycles. The summed E-state index contributed by atoms with van der Waals surface area (Å²) in [5.74, 6) is -1.84. The summed E-state index contributed by atoms with van der Waals surface area (Å²) in [6.45, 7) is 4.17. The molecule has 0 bridgehead atoms. The Kier molecular flexibility index (Phi) is 6.60. The number of ketones is 2. The lowest BCUT2D eigenvalue weighted by molar-refractivity contribution is -0.146. The standard InChI is InChI=1S/C24H28ClN3O6S/c1-24(2)9-7-13(14-8-10-34-12-14)11-17(24)27-19-18(21(30)22(19)31)26-16-6-5-15(25)23(20(16)29)35(32,33)28(3)4/h5-6,8,10-12,17-19,26-27,29H,7,9H2,1-4H3. The minimum absolute atomic E-state index is 0.00925. The van der Waals surface area contributed by atoms with Gasteiger partial charge in [0.25, 0.3) is 0 Å². The molecule has 4 rings (SSSR count). The molecule has 1 heterocycles. The van der Waals surface area contributed by atoms with Gasteiger partial charge in [-0.1, -0.05) is 31.5 Å². The average molecular weight is 522 g/mol. The topological polar surface area (TPSA) is 129 Å². The van der Waals surface area contributed by atoms with Gasteiger partial charge in [-0.15, -0.1) is 0 Å². The van der Waals surface area contributed by atoms with E-state index in [0.717, 1.165) is 28.3 Å². The molecule has 0 saturated heterocycles. The highest BCUT2D eigenvalue weighted by Crippen LogP contribution is 2.41. The van der Waals surface area contributed by atoms with Gasteiger partial charge in [0.15, 0.2) is 5.75 Å². The van der Waals surface area contributed by atoms with Crippen LogP contribution in [0.1, 0.15) is 32.3 Å². The zero-order valence-corrected chi connectivity index (χ0v) is 21.4. The summed E-state index contributed by atoms with van der Waals surface area (Å²) in [5, 5.41) is 16.7. The zero-order chi connectivity index (χ0) is 25.7. The zero-order valence-electron chi connectivity index (χ0n) is 19.8. The first kappa shape index (κ1) is 25.4. The Hall–Kier alpha value is -2.66. The molecule has 9 nitrogen and oxygen atoms in total. The van der Waals surface area contributed by atoms with Gasteiger partial charge < -0.3 is 14.8 Å². The number of hydrogen-bond acceptors (Lipinski definition) is 8. The monoisotopic (exact) mass is 521 g/mol. The number of benzene rings is 1. The van der Waals surface area contributed by atoms with Crippen molar-refractivity contribution in [3.05, 3.63) is 47.4 Å². The predicted molar refractivity (Wildman–Crippen MR) is 132 cm³/mol. The Morgan fingerprint density at radius 1 is 1.14 bits per heavy atom. The normalized spacial score (nSPS) is 24.3. The highest BCUT2D eigenvalue weighted by atomic mass is 35.5. The highest BCUT2D eigenvalue weighted by molar-refractivity contribution is 7.89. The largest absolute Gasteiger partial charge is 0.504 e. The van der Waals surface area contributed by atoms with Crippen molar-refractivity contribution in [1.29, 1.82) is 0 Å². The molecule has 1 fully saturated rings. The lowest BCUT2D eigenvalue weighted by Gasteiger charge is -2.43. The number of nitrogens with zero attached hydrogens (tertiary/aromatic N) is 1. The number of hydrogen-bond donors (Lipinski definition) is 3. The number of nitrogens with one attached hydrogen (secondary N) is 2. The summed E-state index contributed by atoms with van der Waals surface area (Å²) < 4.78 is 31.4. The third kappa shape index (κ3) is 4.51. The van der Waals surface area contributed by atoms with Crippen LogP contribution in [0.4, 0.5) is 5.69 Å². The second-order valence-electron chi connectivity index (χ2n) is 9.73. The van der Waals surface area contributed by atoms with Gasteiger partial charge in [-0.05, 0) is 42.0 Å². The van der Waals surface area contributed by atoms with Gasteiger partial charge in [-0.3, -0.25) is 14.9 Å². The molecule has 3 unspecified atom stereocenters. The van der Waals surface area contributed by atoms with Gasteiger partial charge in [-0.2, -0.15) is 0 Å². The van der Waals surface area contributed by atoms with Crippen LogP contribution in [-0.4, -0.2) is 61.6 Å². The van der Waals surface area contributed by atoms with Crippen molar-refractivity contribution in [3.8, 4) is 5.75 Å². The molecule has 3 N–H and O–H groups in total. The number of phenols is 1. The molecule has 0 aliphatic heterocycles. The molecule has 2 aliphatic carbocycles. The molecule has 2 aromatic rings. The summed E-state index contributed by atoms with van der Waals surface area (Å²) >= 11 is 6.07. The van der Waals surface area contributed by atoms with Crippen molar-refractivity contribution < 1.29 is 27.5 Å². The number of furan rings is 1. The van der Waals surface area contributed by atoms with E-state index < -0.39 is 44.3 Å². The van der Waals surface area contributed by atoms with E-state index in [1.807, 2.05) is 6.07 Å². The number of phenolic OH excluding ortho intramolecular Hbond substituents is 1. The van der Waals surface area contributed by atoms with Crippen LogP contribution < -0.4 is 10.6 Å². The second-order valence-corrected chi connectivity index (χ2v) is 12.2. The lowest BCUT2D eigenvalue weighted by Crippen LogP contribution is -2.69. The molecule has 11 heteroatoms. The van der Waals surface area contributed by atoms with E-state index in [9.17, 15) is 23.1 Å². The molecular weight excluding hydrogens is 494 g/mol. The van der Waals surface area contributed by atoms with Gasteiger partial charge in [-0.25, -0.2) is 12.7 Å². The Morgan fingerprint density at radius 2 is 1.83 bits per heavy atom. The quantitative estimate of drug-likeness (QED) is 0.374. The van der Waals surface area contributed by atoms with Crippen LogP contribution >= 0.6 is 11.6 Å². The molecule has 3 atom stereocenters. The summed E-state index contributed by atoms with van der Waals surface area (Å²) in [6.07, 6.45) is 7.05. The third-order valence-electron chi connectivity index (χ3n) is 6.77. The van der Waals surface area contributed by atoms with Crippen LogP contribution in [0.25, 0.3) is 5.57 Å². The van der Waals surface area contributed by atoms with E-state index in [-0.39, 0.29) is 22.2 Å². The number of aromatic hydroxyl groups is 1. The summed E-state index contributed by atoms with van der Waals surface area (Å²) in [4.78, 5) is 24.5. The second kappa shape index (κ2) is 9.09. The van der Waals surface area contributed by atoms with E-state index in [1.165, 1.54) is 26.2 Å². The average Bonchev–Trinajstić information content (AvgIpc) is 3.32. The number of Topliss-reactive ketones (excluding diaryl/α,β-unsaturated/α-hetero) is 2. The van der Waals surface area contributed by atoms with Crippen molar-refractivity contribution in [2.75, 3.05) is 19.4 Å². The third-order valence-corrected chi connectivity index (χ3v) is 9.09. The summed E-state index contributed by atoms with van der Waals surface area (Å²) in [7, 11) is -1.43. The van der Waals surface area contributed by atoms with Crippen molar-refractivity contribution >= 4 is 44.5 Å². The Labute approximate surface area is 209 Å². The van der Waals surface area contributed by atoms with Crippen molar-refractivity contribution in [2.45, 2.75) is 49.7 Å². The molecule has 0 radical (unpaired) electrons. The molecule has 0 amide bonds. The van der Waals surface area contributed by atoms with E-state index >= 15 is 0 Å². The molecule has 1 saturated carbocycles. The number of rotatable bonds is 7. The summed E-state index contributed by atoms with van der Waals surface area (Å²) in [6, 6.07) is 2.53.